The molecule has 1 aliphatic rings. The van der Waals surface area contributed by atoms with Gasteiger partial charge in [-0.3, -0.25) is 4.79 Å². The third-order valence-corrected chi connectivity index (χ3v) is 4.98. The van der Waals surface area contributed by atoms with Gasteiger partial charge in [0, 0.05) is 44.2 Å². The molecule has 0 atom stereocenters. The number of hydrogen-bond donors (Lipinski definition) is 0. The van der Waals surface area contributed by atoms with Gasteiger partial charge < -0.3 is 29.0 Å². The van der Waals surface area contributed by atoms with E-state index < -0.39 is 28.9 Å². The van der Waals surface area contributed by atoms with Crippen LogP contribution in [0.15, 0.2) is 23.0 Å². The summed E-state index contributed by atoms with van der Waals surface area (Å²) >= 11 is 0. The SMILES string of the molecule is CCn1c(C(=O)[O-])cc(=O)c2cc(F)c(N3CCN(C(=O)OC(C)(C)C)CC3)cc21.[K+]. The standard InChI is InChI=1S/C21H26FN3O5.K/c1-5-25-15-11-16(14(22)10-13(15)18(26)12-17(25)19(27)28)23-6-8-24(9-7-23)20(29)30-21(2,3)4;/h10-12H,5-9H2,1-4H3,(H,27,28);/q;+1/p-1. The molecule has 0 aliphatic carbocycles. The molecule has 1 aliphatic heterocycles. The van der Waals surface area contributed by atoms with Gasteiger partial charge in [-0.1, -0.05) is 0 Å². The fraction of sp³-hybridized carbons (Fsp3) is 0.476. The van der Waals surface area contributed by atoms with E-state index in [-0.39, 0.29) is 74.7 Å². The van der Waals surface area contributed by atoms with Gasteiger partial charge in [-0.25, -0.2) is 9.18 Å². The first-order valence-electron chi connectivity index (χ1n) is 9.83. The molecule has 2 heterocycles. The predicted octanol–water partition coefficient (Wildman–Crippen LogP) is -1.41. The Hall–Kier alpha value is -1.46. The van der Waals surface area contributed by atoms with E-state index in [0.717, 1.165) is 12.1 Å². The Morgan fingerprint density at radius 3 is 2.26 bits per heavy atom. The maximum absolute atomic E-state index is 14.8. The van der Waals surface area contributed by atoms with Gasteiger partial charge in [0.25, 0.3) is 0 Å². The van der Waals surface area contributed by atoms with E-state index in [1.807, 2.05) is 0 Å². The number of ether oxygens (including phenoxy) is 1. The van der Waals surface area contributed by atoms with Crippen molar-refractivity contribution in [2.24, 2.45) is 0 Å². The molecule has 0 bridgehead atoms. The van der Waals surface area contributed by atoms with Crippen LogP contribution in [-0.4, -0.2) is 53.3 Å². The zero-order valence-electron chi connectivity index (χ0n) is 18.5. The molecule has 0 spiro atoms. The van der Waals surface area contributed by atoms with Crippen molar-refractivity contribution in [3.8, 4) is 0 Å². The Kier molecular flexibility index (Phi) is 8.31. The van der Waals surface area contributed by atoms with Gasteiger partial charge in [-0.2, -0.15) is 0 Å². The number of aryl methyl sites for hydroxylation is 1. The average Bonchev–Trinajstić information content (AvgIpc) is 2.66. The number of carboxylic acids is 1. The molecule has 1 fully saturated rings. The number of benzene rings is 1. The van der Waals surface area contributed by atoms with Crippen LogP contribution >= 0.6 is 0 Å². The van der Waals surface area contributed by atoms with E-state index in [9.17, 15) is 23.9 Å². The number of carbonyl (C=O) groups excluding carboxylic acids is 2. The van der Waals surface area contributed by atoms with Crippen molar-refractivity contribution in [1.82, 2.24) is 9.47 Å². The smallest absolute Gasteiger partial charge is 0.543 e. The summed E-state index contributed by atoms with van der Waals surface area (Å²) in [4.78, 5) is 39.3. The molecular formula is C21H25FKN3O5. The number of anilines is 1. The minimum absolute atomic E-state index is 0. The number of halogens is 1. The van der Waals surface area contributed by atoms with Crippen molar-refractivity contribution in [2.75, 3.05) is 31.1 Å². The molecule has 31 heavy (non-hydrogen) atoms. The molecule has 1 amide bonds. The molecular weight excluding hydrogens is 432 g/mol. The summed E-state index contributed by atoms with van der Waals surface area (Å²) in [5.74, 6) is -2.04. The third-order valence-electron chi connectivity index (χ3n) is 4.98. The van der Waals surface area contributed by atoms with Crippen LogP contribution < -0.4 is 66.8 Å². The van der Waals surface area contributed by atoms with Crippen LogP contribution in [0, 0.1) is 5.82 Å². The molecule has 1 aromatic carbocycles. The molecule has 0 N–H and O–H groups in total. The van der Waals surface area contributed by atoms with Crippen LogP contribution in [-0.2, 0) is 11.3 Å². The van der Waals surface area contributed by atoms with Gasteiger partial charge in [0.15, 0.2) is 5.43 Å². The number of hydrogen-bond acceptors (Lipinski definition) is 6. The first kappa shape index (κ1) is 25.8. The zero-order valence-corrected chi connectivity index (χ0v) is 21.7. The van der Waals surface area contributed by atoms with E-state index in [1.54, 1.807) is 37.5 Å². The van der Waals surface area contributed by atoms with Crippen LogP contribution in [0.3, 0.4) is 0 Å². The fourth-order valence-corrected chi connectivity index (χ4v) is 3.59. The third kappa shape index (κ3) is 5.67. The summed E-state index contributed by atoms with van der Waals surface area (Å²) < 4.78 is 21.6. The van der Waals surface area contributed by atoms with Crippen molar-refractivity contribution in [3.63, 3.8) is 0 Å². The van der Waals surface area contributed by atoms with Gasteiger partial charge in [0.2, 0.25) is 0 Å². The van der Waals surface area contributed by atoms with Crippen LogP contribution in [0.1, 0.15) is 38.2 Å². The van der Waals surface area contributed by atoms with Gasteiger partial charge in [-0.15, -0.1) is 0 Å². The number of fused-ring (bicyclic) bond motifs is 1. The second kappa shape index (κ2) is 9.99. The zero-order chi connectivity index (χ0) is 22.2. The summed E-state index contributed by atoms with van der Waals surface area (Å²) in [5.41, 5.74) is -0.839. The summed E-state index contributed by atoms with van der Waals surface area (Å²) in [5, 5.41) is 11.5. The second-order valence-electron chi connectivity index (χ2n) is 8.20. The van der Waals surface area contributed by atoms with Crippen molar-refractivity contribution in [2.45, 2.75) is 39.8 Å². The average molecular weight is 458 g/mol. The van der Waals surface area contributed by atoms with E-state index >= 15 is 0 Å². The van der Waals surface area contributed by atoms with Gasteiger partial charge in [0.05, 0.1) is 22.9 Å². The number of nitrogens with zero attached hydrogens (tertiary/aromatic N) is 3. The van der Waals surface area contributed by atoms with E-state index in [2.05, 4.69) is 0 Å². The normalized spacial score (nSPS) is 14.4. The minimum Gasteiger partial charge on any atom is -0.543 e. The summed E-state index contributed by atoms with van der Waals surface area (Å²) in [6, 6.07) is 3.59. The number of rotatable bonds is 3. The fourth-order valence-electron chi connectivity index (χ4n) is 3.59. The molecule has 2 aromatic rings. The van der Waals surface area contributed by atoms with Gasteiger partial charge in [0.1, 0.15) is 11.4 Å². The van der Waals surface area contributed by atoms with Gasteiger partial charge in [-0.05, 0) is 39.8 Å². The van der Waals surface area contributed by atoms with Crippen LogP contribution in [0.5, 0.6) is 0 Å². The molecule has 10 heteroatoms. The summed E-state index contributed by atoms with van der Waals surface area (Å²) in [6.45, 7) is 8.84. The Bertz CT molecular complexity index is 1060. The Balaban J connectivity index is 0.00000341. The number of pyridine rings is 1. The Labute approximate surface area is 222 Å². The Morgan fingerprint density at radius 1 is 1.13 bits per heavy atom. The number of aromatic carboxylic acids is 1. The van der Waals surface area contributed by atoms with Crippen LogP contribution in [0.25, 0.3) is 10.9 Å². The van der Waals surface area contributed by atoms with E-state index in [1.165, 1.54) is 10.6 Å². The number of aromatic nitrogens is 1. The molecule has 3 rings (SSSR count). The quantitative estimate of drug-likeness (QED) is 0.526. The van der Waals surface area contributed by atoms with E-state index in [0.29, 0.717) is 31.7 Å². The summed E-state index contributed by atoms with van der Waals surface area (Å²) in [7, 11) is 0. The molecule has 162 valence electrons. The molecule has 1 aromatic heterocycles. The van der Waals surface area contributed by atoms with Gasteiger partial charge >= 0.3 is 57.5 Å². The maximum Gasteiger partial charge on any atom is 1.00 e. The minimum atomic E-state index is -1.47. The van der Waals surface area contributed by atoms with Crippen molar-refractivity contribution in [3.05, 3.63) is 39.9 Å². The molecule has 0 saturated carbocycles. The summed E-state index contributed by atoms with van der Waals surface area (Å²) in [6.07, 6.45) is -0.417. The van der Waals surface area contributed by atoms with Crippen molar-refractivity contribution < 1.29 is 75.2 Å². The van der Waals surface area contributed by atoms with Crippen LogP contribution in [0.2, 0.25) is 0 Å². The number of piperazine rings is 1. The number of amides is 1. The molecule has 0 unspecified atom stereocenters. The molecule has 0 radical (unpaired) electrons. The van der Waals surface area contributed by atoms with Crippen LogP contribution in [0.4, 0.5) is 14.9 Å². The monoisotopic (exact) mass is 457 g/mol. The Morgan fingerprint density at radius 2 is 1.74 bits per heavy atom. The molecule has 1 saturated heterocycles. The largest absolute Gasteiger partial charge is 1.00 e. The first-order chi connectivity index (χ1) is 14.0. The maximum atomic E-state index is 14.8. The number of carbonyl (C=O) groups is 2. The van der Waals surface area contributed by atoms with Crippen molar-refractivity contribution in [1.29, 1.82) is 0 Å². The first-order valence-corrected chi connectivity index (χ1v) is 9.83. The topological polar surface area (TPSA) is 94.9 Å². The second-order valence-corrected chi connectivity index (χ2v) is 8.20. The molecule has 8 nitrogen and oxygen atoms in total. The number of carboxylic acid groups (broad SMARTS) is 1. The predicted molar refractivity (Wildman–Crippen MR) is 108 cm³/mol. The van der Waals surface area contributed by atoms with E-state index in [4.69, 9.17) is 4.74 Å². The van der Waals surface area contributed by atoms with Crippen molar-refractivity contribution >= 4 is 28.7 Å².